The molecular formula is C18H23BrSi2. The monoisotopic (exact) mass is 374 g/mol. The van der Waals surface area contributed by atoms with Gasteiger partial charge in [-0.1, -0.05) is 102 Å². The van der Waals surface area contributed by atoms with Crippen molar-refractivity contribution in [3.8, 4) is 0 Å². The maximum atomic E-state index is 4.50. The van der Waals surface area contributed by atoms with E-state index in [1.165, 1.54) is 10.8 Å². The molecule has 0 fully saturated rings. The van der Waals surface area contributed by atoms with Gasteiger partial charge in [-0.3, -0.25) is 0 Å². The molecule has 0 bridgehead atoms. The number of hydrogen-bond acceptors (Lipinski definition) is 0. The van der Waals surface area contributed by atoms with E-state index >= 15 is 0 Å². The van der Waals surface area contributed by atoms with E-state index in [9.17, 15) is 0 Å². The summed E-state index contributed by atoms with van der Waals surface area (Å²) in [6.07, 6.45) is 0. The zero-order chi connectivity index (χ0) is 15.7. The smallest absolute Gasteiger partial charge is 0.0791 e. The Morgan fingerprint density at radius 3 is 1.90 bits per heavy atom. The number of halogens is 1. The quantitative estimate of drug-likeness (QED) is 0.628. The molecule has 0 N–H and O–H groups in total. The Bertz CT molecular complexity index is 628. The van der Waals surface area contributed by atoms with Crippen LogP contribution in [0.1, 0.15) is 5.56 Å². The van der Waals surface area contributed by atoms with Gasteiger partial charge in [0.05, 0.1) is 15.2 Å². The van der Waals surface area contributed by atoms with Gasteiger partial charge < -0.3 is 0 Å². The van der Waals surface area contributed by atoms with Crippen LogP contribution in [0.5, 0.6) is 0 Å². The van der Waals surface area contributed by atoms with Gasteiger partial charge in [-0.15, -0.1) is 0 Å². The van der Waals surface area contributed by atoms with Gasteiger partial charge in [-0.2, -0.15) is 0 Å². The van der Waals surface area contributed by atoms with Crippen molar-refractivity contribution in [3.05, 3.63) is 71.2 Å². The first kappa shape index (κ1) is 16.5. The van der Waals surface area contributed by atoms with Crippen LogP contribution in [0, 0.1) is 0 Å². The summed E-state index contributed by atoms with van der Waals surface area (Å²) in [6, 6.07) is 19.6. The number of benzene rings is 2. The fraction of sp³-hybridized carbons (Fsp3) is 0.222. The van der Waals surface area contributed by atoms with Crippen LogP contribution >= 0.6 is 15.9 Å². The van der Waals surface area contributed by atoms with E-state index in [0.717, 1.165) is 4.47 Å². The molecule has 0 aliphatic carbocycles. The van der Waals surface area contributed by atoms with Crippen molar-refractivity contribution in [2.75, 3.05) is 0 Å². The topological polar surface area (TPSA) is 0 Å². The maximum absolute atomic E-state index is 4.50. The molecule has 0 heterocycles. The predicted molar refractivity (Wildman–Crippen MR) is 104 cm³/mol. The molecule has 2 aromatic rings. The molecule has 2 rings (SSSR count). The summed E-state index contributed by atoms with van der Waals surface area (Å²) in [6.45, 7) is 14.5. The van der Waals surface area contributed by atoms with Gasteiger partial charge in [-0.25, -0.2) is 0 Å². The van der Waals surface area contributed by atoms with E-state index < -0.39 is 15.2 Å². The minimum absolute atomic E-state index is 1.12. The van der Waals surface area contributed by atoms with Crippen LogP contribution in [0.3, 0.4) is 0 Å². The molecule has 0 spiro atoms. The zero-order valence-electron chi connectivity index (χ0n) is 13.3. The third kappa shape index (κ3) is 3.15. The molecule has 0 aromatic heterocycles. The van der Waals surface area contributed by atoms with Gasteiger partial charge in [0.25, 0.3) is 0 Å². The molecule has 0 saturated heterocycles. The van der Waals surface area contributed by atoms with E-state index in [-0.39, 0.29) is 0 Å². The van der Waals surface area contributed by atoms with Crippen LogP contribution in [-0.2, 0) is 0 Å². The third-order valence-corrected chi connectivity index (χ3v) is 23.4. The van der Waals surface area contributed by atoms with Crippen LogP contribution in [0.2, 0.25) is 26.2 Å². The Morgan fingerprint density at radius 1 is 0.857 bits per heavy atom. The summed E-state index contributed by atoms with van der Waals surface area (Å²) >= 11 is 3.51. The normalized spacial score (nSPS) is 12.2. The summed E-state index contributed by atoms with van der Waals surface area (Å²) in [4.78, 5) is 0. The average molecular weight is 375 g/mol. The van der Waals surface area contributed by atoms with Crippen molar-refractivity contribution in [2.45, 2.75) is 26.2 Å². The summed E-state index contributed by atoms with van der Waals surface area (Å²) in [5, 5.41) is 2.91. The van der Waals surface area contributed by atoms with E-state index in [4.69, 9.17) is 0 Å². The lowest BCUT2D eigenvalue weighted by atomic mass is 10.2. The highest BCUT2D eigenvalue weighted by Crippen LogP contribution is 2.32. The average Bonchev–Trinajstić information content (AvgIpc) is 2.48. The van der Waals surface area contributed by atoms with Crippen molar-refractivity contribution >= 4 is 41.5 Å². The molecule has 0 radical (unpaired) electrons. The maximum Gasteiger partial charge on any atom is 0.0791 e. The summed E-state index contributed by atoms with van der Waals surface area (Å²) in [5.41, 5.74) is 1.30. The Hall–Kier alpha value is -0.906. The highest BCUT2D eigenvalue weighted by molar-refractivity contribution is 9.10. The molecule has 0 aliphatic heterocycles. The van der Waals surface area contributed by atoms with Gasteiger partial charge >= 0.3 is 0 Å². The molecule has 3 heteroatoms. The van der Waals surface area contributed by atoms with Crippen molar-refractivity contribution in [1.29, 1.82) is 0 Å². The Kier molecular flexibility index (Phi) is 4.76. The highest BCUT2D eigenvalue weighted by Gasteiger charge is 2.44. The van der Waals surface area contributed by atoms with Crippen molar-refractivity contribution < 1.29 is 0 Å². The molecule has 0 saturated carbocycles. The van der Waals surface area contributed by atoms with Crippen LogP contribution in [0.4, 0.5) is 0 Å². The molecule has 110 valence electrons. The minimum Gasteiger partial charge on any atom is -0.0995 e. The second-order valence-electron chi connectivity index (χ2n) is 6.60. The first-order chi connectivity index (χ1) is 9.76. The molecule has 0 unspecified atom stereocenters. The van der Waals surface area contributed by atoms with Gasteiger partial charge in [0.15, 0.2) is 0 Å². The summed E-state index contributed by atoms with van der Waals surface area (Å²) < 4.78 is 1.12. The first-order valence-corrected chi connectivity index (χ1v) is 15.1. The standard InChI is InChI=1S/C18H23BrSi2/c1-15(16-11-13-17(19)14-12-16)20(2,3)21(4,5)18-9-7-6-8-10-18/h6-14H,1H2,2-5H3. The molecule has 0 amide bonds. The lowest BCUT2D eigenvalue weighted by Crippen LogP contribution is -2.63. The van der Waals surface area contributed by atoms with E-state index in [2.05, 4.69) is 103 Å². The van der Waals surface area contributed by atoms with E-state index in [0.29, 0.717) is 0 Å². The highest BCUT2D eigenvalue weighted by atomic mass is 79.9. The van der Waals surface area contributed by atoms with Crippen molar-refractivity contribution in [1.82, 2.24) is 0 Å². The van der Waals surface area contributed by atoms with Crippen LogP contribution in [-0.4, -0.2) is 15.2 Å². The fourth-order valence-electron chi connectivity index (χ4n) is 2.60. The van der Waals surface area contributed by atoms with Crippen LogP contribution < -0.4 is 5.19 Å². The van der Waals surface area contributed by atoms with Gasteiger partial charge in [0.2, 0.25) is 0 Å². The van der Waals surface area contributed by atoms with Gasteiger partial charge in [0, 0.05) is 4.47 Å². The molecule has 21 heavy (non-hydrogen) atoms. The number of rotatable bonds is 4. The lowest BCUT2D eigenvalue weighted by Gasteiger charge is -2.40. The largest absolute Gasteiger partial charge is 0.0995 e. The molecule has 2 aromatic carbocycles. The molecule has 0 nitrogen and oxygen atoms in total. The second-order valence-corrected chi connectivity index (χ2v) is 22.7. The Labute approximate surface area is 138 Å². The van der Waals surface area contributed by atoms with Crippen LogP contribution in [0.25, 0.3) is 5.20 Å². The Balaban J connectivity index is 2.40. The first-order valence-electron chi connectivity index (χ1n) is 7.27. The third-order valence-electron chi connectivity index (χ3n) is 5.01. The van der Waals surface area contributed by atoms with Crippen LogP contribution in [0.15, 0.2) is 65.6 Å². The fourth-order valence-corrected chi connectivity index (χ4v) is 11.6. The molecule has 0 aliphatic rings. The van der Waals surface area contributed by atoms with Crippen molar-refractivity contribution in [2.24, 2.45) is 0 Å². The Morgan fingerprint density at radius 2 is 1.38 bits per heavy atom. The van der Waals surface area contributed by atoms with E-state index in [1.807, 2.05) is 0 Å². The number of hydrogen-bond donors (Lipinski definition) is 0. The second kappa shape index (κ2) is 6.07. The predicted octanol–water partition coefficient (Wildman–Crippen LogP) is 5.40. The van der Waals surface area contributed by atoms with Gasteiger partial charge in [0.1, 0.15) is 0 Å². The van der Waals surface area contributed by atoms with E-state index in [1.54, 1.807) is 5.19 Å². The minimum atomic E-state index is -1.60. The summed E-state index contributed by atoms with van der Waals surface area (Å²) in [5.74, 6) is 0. The molecular weight excluding hydrogens is 352 g/mol. The van der Waals surface area contributed by atoms with Gasteiger partial charge in [-0.05, 0) is 17.7 Å². The lowest BCUT2D eigenvalue weighted by molar-refractivity contribution is 1.59. The SMILES string of the molecule is C=C(c1ccc(Br)cc1)[Si](C)(C)[Si](C)(C)c1ccccc1. The summed E-state index contributed by atoms with van der Waals surface area (Å²) in [7, 11) is -3.14. The molecule has 0 atom stereocenters. The van der Waals surface area contributed by atoms with Crippen molar-refractivity contribution in [3.63, 3.8) is 0 Å². The zero-order valence-corrected chi connectivity index (χ0v) is 16.9.